The summed E-state index contributed by atoms with van der Waals surface area (Å²) in [6.07, 6.45) is -2.72. The largest absolute Gasteiger partial charge is 0.477 e. The van der Waals surface area contributed by atoms with Gasteiger partial charge in [0.15, 0.2) is 0 Å². The zero-order valence-electron chi connectivity index (χ0n) is 9.67. The topological polar surface area (TPSA) is 64.9 Å². The molecule has 0 amide bonds. The van der Waals surface area contributed by atoms with Gasteiger partial charge in [-0.1, -0.05) is 11.6 Å². The minimum atomic E-state index is -4.71. The van der Waals surface area contributed by atoms with E-state index in [0.29, 0.717) is 32.0 Å². The van der Waals surface area contributed by atoms with E-state index in [1.807, 2.05) is 5.32 Å². The lowest BCUT2D eigenvalue weighted by atomic mass is 10.2. The third kappa shape index (κ3) is 2.55. The summed E-state index contributed by atoms with van der Waals surface area (Å²) in [6, 6.07) is 0. The molecule has 0 aromatic rings. The van der Waals surface area contributed by atoms with Crippen LogP contribution >= 0.6 is 11.6 Å². The lowest BCUT2D eigenvalue weighted by Gasteiger charge is -2.38. The molecule has 0 radical (unpaired) electrons. The monoisotopic (exact) mass is 297 g/mol. The van der Waals surface area contributed by atoms with Crippen molar-refractivity contribution in [3.8, 4) is 0 Å². The summed E-state index contributed by atoms with van der Waals surface area (Å²) in [6.45, 7) is 0.691. The van der Waals surface area contributed by atoms with Gasteiger partial charge in [-0.15, -0.1) is 0 Å². The van der Waals surface area contributed by atoms with Crippen LogP contribution < -0.4 is 5.32 Å². The van der Waals surface area contributed by atoms with Crippen molar-refractivity contribution in [1.82, 2.24) is 10.2 Å². The number of carboxylic acids is 1. The van der Waals surface area contributed by atoms with Crippen LogP contribution in [0.25, 0.3) is 0 Å². The second kappa shape index (κ2) is 4.68. The van der Waals surface area contributed by atoms with Crippen LogP contribution in [0.5, 0.6) is 0 Å². The molecule has 0 bridgehead atoms. The number of allylic oxidation sites excluding steroid dienone is 2. The Balaban J connectivity index is 2.41. The Hall–Kier alpha value is -1.28. The molecule has 1 saturated heterocycles. The minimum absolute atomic E-state index is 0.345. The molecule has 0 aromatic carbocycles. The van der Waals surface area contributed by atoms with Crippen molar-refractivity contribution in [2.45, 2.75) is 24.8 Å². The Morgan fingerprint density at radius 3 is 2.53 bits per heavy atom. The highest BCUT2D eigenvalue weighted by atomic mass is 35.5. The fourth-order valence-electron chi connectivity index (χ4n) is 2.14. The number of likely N-dealkylation sites (tertiary alicyclic amines) is 1. The van der Waals surface area contributed by atoms with E-state index in [9.17, 15) is 23.1 Å². The number of alkyl halides is 3. The predicted molar refractivity (Wildman–Crippen MR) is 61.7 cm³/mol. The fraction of sp³-hybridized carbons (Fsp3) is 0.600. The van der Waals surface area contributed by atoms with Crippen LogP contribution in [-0.4, -0.2) is 46.2 Å². The van der Waals surface area contributed by atoms with Crippen LogP contribution in [0.4, 0.5) is 13.2 Å². The average molecular weight is 298 g/mol. The summed E-state index contributed by atoms with van der Waals surface area (Å²) in [5.74, 6) is -3.69. The third-order valence-electron chi connectivity index (χ3n) is 3.01. The molecule has 0 aromatic heterocycles. The van der Waals surface area contributed by atoms with Crippen molar-refractivity contribution >= 4 is 22.7 Å². The second-order valence-corrected chi connectivity index (χ2v) is 4.67. The van der Waals surface area contributed by atoms with Gasteiger partial charge >= 0.3 is 12.1 Å². The summed E-state index contributed by atoms with van der Waals surface area (Å²) in [4.78, 5) is 16.4. The molecule has 2 rings (SSSR count). The van der Waals surface area contributed by atoms with Gasteiger partial charge in [-0.2, -0.15) is 13.2 Å². The maximum atomic E-state index is 12.8. The Labute approximate surface area is 111 Å². The Kier molecular flexibility index (Phi) is 3.48. The summed E-state index contributed by atoms with van der Waals surface area (Å²) in [5.41, 5.74) is -1.21. The first-order valence-electron chi connectivity index (χ1n) is 5.56. The number of nitrogens with zero attached hydrogens (tertiary/aromatic N) is 2. The molecule has 2 aliphatic heterocycles. The molecule has 2 heterocycles. The molecule has 106 valence electrons. The smallest absolute Gasteiger partial charge is 0.431 e. The van der Waals surface area contributed by atoms with Gasteiger partial charge in [-0.3, -0.25) is 4.90 Å². The number of nitrogens with one attached hydrogen (secondary N) is 1. The number of rotatable bonds is 2. The fourth-order valence-corrected chi connectivity index (χ4v) is 2.37. The maximum absolute atomic E-state index is 12.8. The van der Waals surface area contributed by atoms with Crippen LogP contribution in [0.1, 0.15) is 12.8 Å². The first kappa shape index (κ1) is 14.1. The molecule has 2 aliphatic rings. The van der Waals surface area contributed by atoms with Crippen LogP contribution in [0.2, 0.25) is 0 Å². The van der Waals surface area contributed by atoms with Gasteiger partial charge in [-0.05, 0) is 12.8 Å². The quantitative estimate of drug-likeness (QED) is 0.811. The lowest BCUT2D eigenvalue weighted by Crippen LogP contribution is -2.64. The zero-order chi connectivity index (χ0) is 14.3. The van der Waals surface area contributed by atoms with Crippen LogP contribution in [-0.2, 0) is 4.79 Å². The van der Waals surface area contributed by atoms with E-state index in [1.54, 1.807) is 0 Å². The van der Waals surface area contributed by atoms with Gasteiger partial charge in [0.1, 0.15) is 10.9 Å². The van der Waals surface area contributed by atoms with Gasteiger partial charge in [0.2, 0.25) is 0 Å². The first-order chi connectivity index (χ1) is 8.75. The van der Waals surface area contributed by atoms with E-state index in [-0.39, 0.29) is 0 Å². The zero-order valence-corrected chi connectivity index (χ0v) is 10.4. The number of carbonyl (C=O) groups is 1. The third-order valence-corrected chi connectivity index (χ3v) is 3.20. The highest BCUT2D eigenvalue weighted by molar-refractivity contribution is 6.68. The van der Waals surface area contributed by atoms with Crippen molar-refractivity contribution in [2.24, 2.45) is 4.99 Å². The van der Waals surface area contributed by atoms with E-state index in [1.165, 1.54) is 4.90 Å². The van der Waals surface area contributed by atoms with Crippen molar-refractivity contribution in [3.63, 3.8) is 0 Å². The molecule has 0 spiro atoms. The average Bonchev–Trinajstić information content (AvgIpc) is 2.80. The standard InChI is InChI=1S/C10H11ClF3N3O2/c11-7-5-6(9(12,13)14)15-10(16-7,8(18)19)17-3-1-2-4-17/h5,15H,1-4H2,(H,18,19). The van der Waals surface area contributed by atoms with E-state index in [0.717, 1.165) is 0 Å². The molecule has 5 nitrogen and oxygen atoms in total. The minimum Gasteiger partial charge on any atom is -0.477 e. The van der Waals surface area contributed by atoms with Crippen LogP contribution in [0.3, 0.4) is 0 Å². The van der Waals surface area contributed by atoms with Crippen LogP contribution in [0, 0.1) is 0 Å². The Morgan fingerprint density at radius 2 is 2.05 bits per heavy atom. The molecule has 2 N–H and O–H groups in total. The number of hydrogen-bond donors (Lipinski definition) is 2. The highest BCUT2D eigenvalue weighted by Gasteiger charge is 2.51. The summed E-state index contributed by atoms with van der Waals surface area (Å²) in [7, 11) is 0. The number of hydrogen-bond acceptors (Lipinski definition) is 4. The van der Waals surface area contributed by atoms with Crippen molar-refractivity contribution in [3.05, 3.63) is 11.8 Å². The summed E-state index contributed by atoms with van der Waals surface area (Å²) >= 11 is 5.57. The predicted octanol–water partition coefficient (Wildman–Crippen LogP) is 1.51. The SMILES string of the molecule is O=C(O)C1(N2CCCC2)N=C(Cl)C=C(C(F)(F)F)N1. The Bertz CT molecular complexity index is 457. The van der Waals surface area contributed by atoms with Gasteiger partial charge in [0.25, 0.3) is 5.79 Å². The van der Waals surface area contributed by atoms with Gasteiger partial charge in [0, 0.05) is 19.2 Å². The number of halogens is 4. The molecule has 1 fully saturated rings. The van der Waals surface area contributed by atoms with E-state index < -0.39 is 28.8 Å². The maximum Gasteiger partial charge on any atom is 0.431 e. The van der Waals surface area contributed by atoms with Crippen molar-refractivity contribution in [2.75, 3.05) is 13.1 Å². The number of aliphatic imine (C=N–C) groups is 1. The number of aliphatic carboxylic acids is 1. The molecular weight excluding hydrogens is 287 g/mol. The highest BCUT2D eigenvalue weighted by Crippen LogP contribution is 2.32. The van der Waals surface area contributed by atoms with Crippen LogP contribution in [0.15, 0.2) is 16.8 Å². The van der Waals surface area contributed by atoms with E-state index in [2.05, 4.69) is 4.99 Å². The molecule has 1 unspecified atom stereocenters. The van der Waals surface area contributed by atoms with Crippen molar-refractivity contribution < 1.29 is 23.1 Å². The van der Waals surface area contributed by atoms with Gasteiger partial charge < -0.3 is 10.4 Å². The number of carboxylic acid groups (broad SMARTS) is 1. The normalized spacial score (nSPS) is 28.6. The van der Waals surface area contributed by atoms with Crippen molar-refractivity contribution in [1.29, 1.82) is 0 Å². The Morgan fingerprint density at radius 1 is 1.47 bits per heavy atom. The summed E-state index contributed by atoms with van der Waals surface area (Å²) < 4.78 is 38.3. The van der Waals surface area contributed by atoms with E-state index >= 15 is 0 Å². The molecule has 1 atom stereocenters. The summed E-state index contributed by atoms with van der Waals surface area (Å²) in [5, 5.41) is 10.8. The first-order valence-corrected chi connectivity index (χ1v) is 5.94. The van der Waals surface area contributed by atoms with E-state index in [4.69, 9.17) is 11.6 Å². The molecule has 19 heavy (non-hydrogen) atoms. The lowest BCUT2D eigenvalue weighted by molar-refractivity contribution is -0.155. The van der Waals surface area contributed by atoms with Gasteiger partial charge in [-0.25, -0.2) is 9.79 Å². The molecule has 9 heteroatoms. The molecular formula is C10H11ClF3N3O2. The molecule has 0 saturated carbocycles. The molecule has 0 aliphatic carbocycles. The van der Waals surface area contributed by atoms with Gasteiger partial charge in [0.05, 0.1) is 0 Å². The second-order valence-electron chi connectivity index (χ2n) is 4.29.